The molecule has 0 bridgehead atoms. The van der Waals surface area contributed by atoms with Crippen LogP contribution in [0.1, 0.15) is 40.0 Å². The summed E-state index contributed by atoms with van der Waals surface area (Å²) in [4.78, 5) is 13.6. The fraction of sp³-hybridized carbons (Fsp3) is 0.929. The molecule has 0 aromatic rings. The smallest absolute Gasteiger partial charge is 0.319 e. The maximum Gasteiger partial charge on any atom is 0.319 e. The second-order valence-corrected chi connectivity index (χ2v) is 5.54. The summed E-state index contributed by atoms with van der Waals surface area (Å²) in [5, 5.41) is 3.29. The Balaban J connectivity index is 3.89. The summed E-state index contributed by atoms with van der Waals surface area (Å²) in [5.74, 6) is 0.481. The van der Waals surface area contributed by atoms with Gasteiger partial charge in [-0.2, -0.15) is 0 Å². The van der Waals surface area contributed by atoms with E-state index in [-0.39, 0.29) is 5.97 Å². The molecule has 0 spiro atoms. The predicted molar refractivity (Wildman–Crippen MR) is 75.7 cm³/mol. The second-order valence-electron chi connectivity index (χ2n) is 5.54. The van der Waals surface area contributed by atoms with Crippen molar-refractivity contribution in [2.45, 2.75) is 46.1 Å². The first-order chi connectivity index (χ1) is 8.45. The first-order valence-electron chi connectivity index (χ1n) is 6.99. The van der Waals surface area contributed by atoms with Gasteiger partial charge in [0.05, 0.1) is 13.2 Å². The number of hydrogen-bond donors (Lipinski definition) is 1. The van der Waals surface area contributed by atoms with Crippen LogP contribution in [0.2, 0.25) is 0 Å². The maximum atomic E-state index is 11.5. The van der Waals surface area contributed by atoms with E-state index in [1.54, 1.807) is 0 Å². The van der Waals surface area contributed by atoms with E-state index in [1.165, 1.54) is 0 Å². The molecule has 0 aromatic heterocycles. The van der Waals surface area contributed by atoms with Crippen LogP contribution < -0.4 is 5.32 Å². The van der Waals surface area contributed by atoms with Crippen LogP contribution in [0.5, 0.6) is 0 Å². The first-order valence-corrected chi connectivity index (χ1v) is 6.99. The van der Waals surface area contributed by atoms with Crippen LogP contribution in [-0.4, -0.2) is 50.7 Å². The van der Waals surface area contributed by atoms with Crippen LogP contribution in [0.4, 0.5) is 0 Å². The van der Waals surface area contributed by atoms with Crippen molar-refractivity contribution in [3.63, 3.8) is 0 Å². The van der Waals surface area contributed by atoms with Gasteiger partial charge in [0.15, 0.2) is 0 Å². The maximum absolute atomic E-state index is 11.5. The summed E-state index contributed by atoms with van der Waals surface area (Å²) < 4.78 is 5.13. The third kappa shape index (κ3) is 10.5. The average molecular weight is 258 g/mol. The molecule has 18 heavy (non-hydrogen) atoms. The lowest BCUT2D eigenvalue weighted by molar-refractivity contribution is -0.142. The summed E-state index contributed by atoms with van der Waals surface area (Å²) in [5.41, 5.74) is 0. The van der Waals surface area contributed by atoms with Gasteiger partial charge in [-0.25, -0.2) is 0 Å². The molecule has 4 heteroatoms. The largest absolute Gasteiger partial charge is 0.465 e. The van der Waals surface area contributed by atoms with Crippen LogP contribution in [-0.2, 0) is 9.53 Å². The van der Waals surface area contributed by atoms with Crippen LogP contribution in [0, 0.1) is 5.92 Å². The van der Waals surface area contributed by atoms with Crippen molar-refractivity contribution >= 4 is 5.97 Å². The monoisotopic (exact) mass is 258 g/mol. The predicted octanol–water partition coefficient (Wildman–Crippen LogP) is 1.90. The van der Waals surface area contributed by atoms with E-state index < -0.39 is 0 Å². The molecule has 108 valence electrons. The van der Waals surface area contributed by atoms with Crippen molar-refractivity contribution in [1.82, 2.24) is 10.2 Å². The fourth-order valence-electron chi connectivity index (χ4n) is 1.84. The van der Waals surface area contributed by atoms with E-state index in [4.69, 9.17) is 4.74 Å². The number of hydrogen-bond acceptors (Lipinski definition) is 4. The highest BCUT2D eigenvalue weighted by molar-refractivity contribution is 5.71. The van der Waals surface area contributed by atoms with Crippen molar-refractivity contribution < 1.29 is 9.53 Å². The molecule has 0 heterocycles. The quantitative estimate of drug-likeness (QED) is 0.480. The first kappa shape index (κ1) is 17.4. The average Bonchev–Trinajstić information content (AvgIpc) is 2.25. The highest BCUT2D eigenvalue weighted by atomic mass is 16.5. The minimum absolute atomic E-state index is 0.143. The lowest BCUT2D eigenvalue weighted by Crippen LogP contribution is -2.42. The van der Waals surface area contributed by atoms with Crippen molar-refractivity contribution in [3.05, 3.63) is 0 Å². The molecular formula is C14H30N2O2. The van der Waals surface area contributed by atoms with E-state index in [9.17, 15) is 4.79 Å². The molecule has 1 N–H and O–H groups in total. The standard InChI is InChI=1S/C14H30N2O2/c1-6-7-8-18-14(17)10-15-13(9-12(2)3)11-16(4)5/h12-13,15H,6-11H2,1-5H3. The summed E-state index contributed by atoms with van der Waals surface area (Å²) in [7, 11) is 4.10. The molecule has 0 aliphatic rings. The molecule has 0 fully saturated rings. The number of ether oxygens (including phenoxy) is 1. The number of unbranched alkanes of at least 4 members (excludes halogenated alkanes) is 1. The molecule has 0 rings (SSSR count). The molecule has 0 aromatic carbocycles. The Hall–Kier alpha value is -0.610. The van der Waals surface area contributed by atoms with Gasteiger partial charge >= 0.3 is 5.97 Å². The fourth-order valence-corrected chi connectivity index (χ4v) is 1.84. The Morgan fingerprint density at radius 2 is 2.00 bits per heavy atom. The lowest BCUT2D eigenvalue weighted by Gasteiger charge is -2.23. The molecule has 0 aliphatic carbocycles. The van der Waals surface area contributed by atoms with E-state index in [2.05, 4.69) is 45.1 Å². The van der Waals surface area contributed by atoms with Crippen molar-refractivity contribution in [2.24, 2.45) is 5.92 Å². The number of rotatable bonds is 10. The van der Waals surface area contributed by atoms with E-state index >= 15 is 0 Å². The summed E-state index contributed by atoms with van der Waals surface area (Å²) in [6.07, 6.45) is 3.07. The third-order valence-corrected chi connectivity index (χ3v) is 2.64. The Morgan fingerprint density at radius 1 is 1.33 bits per heavy atom. The van der Waals surface area contributed by atoms with Gasteiger partial charge < -0.3 is 15.0 Å². The Kier molecular flexibility index (Phi) is 9.98. The highest BCUT2D eigenvalue weighted by Crippen LogP contribution is 2.05. The Bertz CT molecular complexity index is 208. The van der Waals surface area contributed by atoms with Gasteiger partial charge in [0, 0.05) is 12.6 Å². The van der Waals surface area contributed by atoms with Crippen molar-refractivity contribution in [2.75, 3.05) is 33.8 Å². The zero-order chi connectivity index (χ0) is 14.0. The van der Waals surface area contributed by atoms with Gasteiger partial charge in [-0.1, -0.05) is 27.2 Å². The van der Waals surface area contributed by atoms with Crippen LogP contribution in [0.25, 0.3) is 0 Å². The van der Waals surface area contributed by atoms with Crippen molar-refractivity contribution in [1.29, 1.82) is 0 Å². The van der Waals surface area contributed by atoms with Gasteiger partial charge in [0.1, 0.15) is 0 Å². The Labute approximate surface area is 112 Å². The SMILES string of the molecule is CCCCOC(=O)CNC(CC(C)C)CN(C)C. The minimum atomic E-state index is -0.143. The van der Waals surface area contributed by atoms with Gasteiger partial charge in [-0.05, 0) is 32.9 Å². The van der Waals surface area contributed by atoms with Gasteiger partial charge in [0.25, 0.3) is 0 Å². The Morgan fingerprint density at radius 3 is 2.50 bits per heavy atom. The second kappa shape index (κ2) is 10.3. The molecule has 4 nitrogen and oxygen atoms in total. The molecule has 1 atom stereocenters. The molecule has 1 unspecified atom stereocenters. The number of likely N-dealkylation sites (N-methyl/N-ethyl adjacent to an activating group) is 1. The highest BCUT2D eigenvalue weighted by Gasteiger charge is 2.13. The van der Waals surface area contributed by atoms with E-state index in [0.717, 1.165) is 25.8 Å². The topological polar surface area (TPSA) is 41.6 Å². The zero-order valence-corrected chi connectivity index (χ0v) is 12.7. The van der Waals surface area contributed by atoms with Crippen LogP contribution >= 0.6 is 0 Å². The molecule has 0 amide bonds. The van der Waals surface area contributed by atoms with Gasteiger partial charge in [-0.15, -0.1) is 0 Å². The third-order valence-electron chi connectivity index (χ3n) is 2.64. The normalized spacial score (nSPS) is 13.1. The zero-order valence-electron chi connectivity index (χ0n) is 12.7. The summed E-state index contributed by atoms with van der Waals surface area (Å²) in [6, 6.07) is 0.346. The lowest BCUT2D eigenvalue weighted by atomic mass is 10.0. The van der Waals surface area contributed by atoms with Crippen LogP contribution in [0.15, 0.2) is 0 Å². The van der Waals surface area contributed by atoms with Crippen molar-refractivity contribution in [3.8, 4) is 0 Å². The van der Waals surface area contributed by atoms with E-state index in [1.807, 2.05) is 0 Å². The molecule has 0 aliphatic heterocycles. The van der Waals surface area contributed by atoms with Gasteiger partial charge in [-0.3, -0.25) is 4.79 Å². The molecule has 0 saturated carbocycles. The number of nitrogens with one attached hydrogen (secondary N) is 1. The summed E-state index contributed by atoms with van der Waals surface area (Å²) in [6.45, 7) is 8.28. The number of carbonyl (C=O) groups excluding carboxylic acids is 1. The molecule has 0 saturated heterocycles. The number of esters is 1. The number of nitrogens with zero attached hydrogens (tertiary/aromatic N) is 1. The number of carbonyl (C=O) groups is 1. The van der Waals surface area contributed by atoms with Gasteiger partial charge in [0.2, 0.25) is 0 Å². The van der Waals surface area contributed by atoms with Crippen LogP contribution in [0.3, 0.4) is 0 Å². The minimum Gasteiger partial charge on any atom is -0.465 e. The molecule has 0 radical (unpaired) electrons. The molecular weight excluding hydrogens is 228 g/mol. The van der Waals surface area contributed by atoms with E-state index in [0.29, 0.717) is 25.1 Å². The summed E-state index contributed by atoms with van der Waals surface area (Å²) >= 11 is 0.